The molecule has 0 radical (unpaired) electrons. The molecule has 3 amide bonds. The average molecular weight is 449 g/mol. The molecule has 0 spiro atoms. The van der Waals surface area contributed by atoms with Crippen molar-refractivity contribution in [3.05, 3.63) is 34.3 Å². The van der Waals surface area contributed by atoms with Crippen molar-refractivity contribution in [3.63, 3.8) is 0 Å². The maximum atomic E-state index is 13.0. The number of anilines is 1. The van der Waals surface area contributed by atoms with E-state index in [0.29, 0.717) is 53.4 Å². The van der Waals surface area contributed by atoms with Gasteiger partial charge < -0.3 is 25.0 Å². The molecular weight excluding hydrogens is 416 g/mol. The monoisotopic (exact) mass is 448 g/mol. The van der Waals surface area contributed by atoms with Gasteiger partial charge in [-0.05, 0) is 24.0 Å². The smallest absolute Gasteiger partial charge is 0.322 e. The molecule has 2 aromatic rings. The van der Waals surface area contributed by atoms with E-state index in [2.05, 4.69) is 15.6 Å². The standard InChI is InChI=1S/C22H32N4O4S/c1-14(2)10-23-21(27)18-13-31-20(24-18)12-26(11-15(3)4)22(28)25-17-8-7-16(29-5)9-19(17)30-6/h7-9,13-15H,10-12H2,1-6H3,(H,23,27)(H,25,28). The van der Waals surface area contributed by atoms with Crippen LogP contribution in [0.5, 0.6) is 11.5 Å². The maximum absolute atomic E-state index is 13.0. The number of aromatic nitrogens is 1. The van der Waals surface area contributed by atoms with Gasteiger partial charge in [-0.15, -0.1) is 11.3 Å². The molecule has 0 fully saturated rings. The van der Waals surface area contributed by atoms with Gasteiger partial charge in [0.25, 0.3) is 5.91 Å². The average Bonchev–Trinajstić information content (AvgIpc) is 3.20. The third kappa shape index (κ3) is 7.43. The Hall–Kier alpha value is -2.81. The third-order valence-corrected chi connectivity index (χ3v) is 5.14. The van der Waals surface area contributed by atoms with Crippen molar-refractivity contribution in [2.75, 3.05) is 32.6 Å². The summed E-state index contributed by atoms with van der Waals surface area (Å²) in [5, 5.41) is 8.19. The molecule has 9 heteroatoms. The maximum Gasteiger partial charge on any atom is 0.322 e. The highest BCUT2D eigenvalue weighted by Crippen LogP contribution is 2.29. The van der Waals surface area contributed by atoms with Gasteiger partial charge in [0.2, 0.25) is 0 Å². The summed E-state index contributed by atoms with van der Waals surface area (Å²) in [5.41, 5.74) is 0.928. The first-order valence-corrected chi connectivity index (χ1v) is 11.1. The van der Waals surface area contributed by atoms with Crippen LogP contribution in [0.3, 0.4) is 0 Å². The number of nitrogens with one attached hydrogen (secondary N) is 2. The molecule has 2 N–H and O–H groups in total. The highest BCUT2D eigenvalue weighted by Gasteiger charge is 2.20. The second-order valence-corrected chi connectivity index (χ2v) is 8.94. The fourth-order valence-electron chi connectivity index (χ4n) is 2.79. The van der Waals surface area contributed by atoms with Gasteiger partial charge in [0, 0.05) is 24.5 Å². The predicted octanol–water partition coefficient (Wildman–Crippen LogP) is 4.24. The molecule has 0 saturated heterocycles. The SMILES string of the molecule is COc1ccc(NC(=O)N(Cc2nc(C(=O)NCC(C)C)cs2)CC(C)C)c(OC)c1. The highest BCUT2D eigenvalue weighted by molar-refractivity contribution is 7.09. The van der Waals surface area contributed by atoms with E-state index in [-0.39, 0.29) is 17.9 Å². The zero-order valence-electron chi connectivity index (χ0n) is 19.0. The van der Waals surface area contributed by atoms with Crippen LogP contribution in [-0.4, -0.2) is 49.1 Å². The van der Waals surface area contributed by atoms with Crippen molar-refractivity contribution in [3.8, 4) is 11.5 Å². The number of carbonyl (C=O) groups is 2. The number of hydrogen-bond donors (Lipinski definition) is 2. The Bertz CT molecular complexity index is 882. The number of amides is 3. The predicted molar refractivity (Wildman–Crippen MR) is 123 cm³/mol. The van der Waals surface area contributed by atoms with E-state index in [1.54, 1.807) is 35.6 Å². The lowest BCUT2D eigenvalue weighted by atomic mass is 10.2. The molecule has 1 aromatic heterocycles. The molecule has 0 atom stereocenters. The third-order valence-electron chi connectivity index (χ3n) is 4.30. The number of benzene rings is 1. The minimum Gasteiger partial charge on any atom is -0.497 e. The lowest BCUT2D eigenvalue weighted by Gasteiger charge is -2.24. The van der Waals surface area contributed by atoms with Crippen molar-refractivity contribution in [1.29, 1.82) is 0 Å². The summed E-state index contributed by atoms with van der Waals surface area (Å²) in [6.45, 7) is 9.60. The molecule has 0 aliphatic heterocycles. The summed E-state index contributed by atoms with van der Waals surface area (Å²) in [6.07, 6.45) is 0. The van der Waals surface area contributed by atoms with E-state index >= 15 is 0 Å². The summed E-state index contributed by atoms with van der Waals surface area (Å²) in [4.78, 5) is 31.4. The zero-order chi connectivity index (χ0) is 23.0. The van der Waals surface area contributed by atoms with Crippen LogP contribution in [0, 0.1) is 11.8 Å². The lowest BCUT2D eigenvalue weighted by molar-refractivity contribution is 0.0944. The summed E-state index contributed by atoms with van der Waals surface area (Å²) in [7, 11) is 3.11. The second-order valence-electron chi connectivity index (χ2n) is 8.00. The molecule has 2 rings (SSSR count). The lowest BCUT2D eigenvalue weighted by Crippen LogP contribution is -2.37. The van der Waals surface area contributed by atoms with Crippen molar-refractivity contribution >= 4 is 29.0 Å². The normalized spacial score (nSPS) is 10.8. The molecule has 0 aliphatic carbocycles. The molecule has 0 bridgehead atoms. The van der Waals surface area contributed by atoms with Gasteiger partial charge in [0.15, 0.2) is 0 Å². The van der Waals surface area contributed by atoms with Crippen LogP contribution in [0.1, 0.15) is 43.2 Å². The number of ether oxygens (including phenoxy) is 2. The topological polar surface area (TPSA) is 92.8 Å². The first-order valence-electron chi connectivity index (χ1n) is 10.2. The van der Waals surface area contributed by atoms with Gasteiger partial charge in [-0.3, -0.25) is 4.79 Å². The molecule has 1 aromatic carbocycles. The number of urea groups is 1. The van der Waals surface area contributed by atoms with Crippen molar-refractivity contribution in [2.24, 2.45) is 11.8 Å². The van der Waals surface area contributed by atoms with Crippen LogP contribution in [0.25, 0.3) is 0 Å². The van der Waals surface area contributed by atoms with E-state index in [0.717, 1.165) is 0 Å². The summed E-state index contributed by atoms with van der Waals surface area (Å²) < 4.78 is 10.6. The van der Waals surface area contributed by atoms with Gasteiger partial charge in [0.1, 0.15) is 22.2 Å². The first kappa shape index (κ1) is 24.5. The molecule has 0 aliphatic rings. The van der Waals surface area contributed by atoms with Gasteiger partial charge >= 0.3 is 6.03 Å². The summed E-state index contributed by atoms with van der Waals surface area (Å²) in [5.74, 6) is 1.58. The van der Waals surface area contributed by atoms with E-state index in [9.17, 15) is 9.59 Å². The zero-order valence-corrected chi connectivity index (χ0v) is 19.8. The quantitative estimate of drug-likeness (QED) is 0.567. The fraction of sp³-hybridized carbons (Fsp3) is 0.500. The molecule has 170 valence electrons. The highest BCUT2D eigenvalue weighted by atomic mass is 32.1. The Labute approximate surface area is 188 Å². The Morgan fingerprint density at radius 1 is 1.13 bits per heavy atom. The van der Waals surface area contributed by atoms with Crippen LogP contribution >= 0.6 is 11.3 Å². The number of nitrogens with zero attached hydrogens (tertiary/aromatic N) is 2. The minimum absolute atomic E-state index is 0.195. The van der Waals surface area contributed by atoms with Crippen molar-refractivity contribution < 1.29 is 19.1 Å². The molecular formula is C22H32N4O4S. The van der Waals surface area contributed by atoms with Crippen LogP contribution in [-0.2, 0) is 6.54 Å². The van der Waals surface area contributed by atoms with Crippen molar-refractivity contribution in [2.45, 2.75) is 34.2 Å². The van der Waals surface area contributed by atoms with E-state index in [1.165, 1.54) is 18.4 Å². The second kappa shape index (κ2) is 11.5. The van der Waals surface area contributed by atoms with Crippen LogP contribution < -0.4 is 20.1 Å². The molecule has 1 heterocycles. The van der Waals surface area contributed by atoms with Crippen LogP contribution in [0.2, 0.25) is 0 Å². The van der Waals surface area contributed by atoms with E-state index in [4.69, 9.17) is 9.47 Å². The Morgan fingerprint density at radius 2 is 1.87 bits per heavy atom. The minimum atomic E-state index is -0.266. The number of thiazole rings is 1. The number of hydrogen-bond acceptors (Lipinski definition) is 6. The van der Waals surface area contributed by atoms with Crippen molar-refractivity contribution in [1.82, 2.24) is 15.2 Å². The fourth-order valence-corrected chi connectivity index (χ4v) is 3.58. The molecule has 8 nitrogen and oxygen atoms in total. The van der Waals surface area contributed by atoms with Crippen LogP contribution in [0.15, 0.2) is 23.6 Å². The number of carbonyl (C=O) groups excluding carboxylic acids is 2. The first-order chi connectivity index (χ1) is 14.7. The van der Waals surface area contributed by atoms with Gasteiger partial charge in [-0.25, -0.2) is 9.78 Å². The van der Waals surface area contributed by atoms with Gasteiger partial charge in [0.05, 0.1) is 26.5 Å². The van der Waals surface area contributed by atoms with Crippen LogP contribution in [0.4, 0.5) is 10.5 Å². The van der Waals surface area contributed by atoms with E-state index in [1.807, 2.05) is 27.7 Å². The van der Waals surface area contributed by atoms with E-state index < -0.39 is 0 Å². The number of methoxy groups -OCH3 is 2. The molecule has 31 heavy (non-hydrogen) atoms. The largest absolute Gasteiger partial charge is 0.497 e. The van der Waals surface area contributed by atoms with Gasteiger partial charge in [-0.2, -0.15) is 0 Å². The Balaban J connectivity index is 2.12. The summed E-state index contributed by atoms with van der Waals surface area (Å²) in [6, 6.07) is 4.95. The number of rotatable bonds is 10. The Morgan fingerprint density at radius 3 is 2.48 bits per heavy atom. The molecule has 0 unspecified atom stereocenters. The van der Waals surface area contributed by atoms with Gasteiger partial charge in [-0.1, -0.05) is 27.7 Å². The molecule has 0 saturated carbocycles. The summed E-state index contributed by atoms with van der Waals surface area (Å²) >= 11 is 1.37. The Kier molecular flexibility index (Phi) is 9.11.